The Balaban J connectivity index is 2.24. The van der Waals surface area contributed by atoms with Gasteiger partial charge in [0.05, 0.1) is 11.6 Å². The minimum Gasteiger partial charge on any atom is -0.268 e. The first-order valence-corrected chi connectivity index (χ1v) is 5.29. The molecule has 0 aliphatic carbocycles. The highest BCUT2D eigenvalue weighted by Gasteiger charge is 2.33. The smallest absolute Gasteiger partial charge is 0.268 e. The Labute approximate surface area is 105 Å². The summed E-state index contributed by atoms with van der Waals surface area (Å²) in [5.41, 5.74) is -0.622. The maximum atomic E-state index is 13.1. The van der Waals surface area contributed by atoms with Gasteiger partial charge in [-0.15, -0.1) is 0 Å². The van der Waals surface area contributed by atoms with Gasteiger partial charge in [0.15, 0.2) is 5.69 Å². The lowest BCUT2D eigenvalue weighted by atomic mass is 10.2. The maximum absolute atomic E-state index is 13.1. The van der Waals surface area contributed by atoms with Crippen LogP contribution in [0.2, 0.25) is 5.02 Å². The summed E-state index contributed by atoms with van der Waals surface area (Å²) in [5.74, 6) is -0.614. The van der Waals surface area contributed by atoms with Crippen LogP contribution in [0, 0.1) is 5.82 Å². The van der Waals surface area contributed by atoms with Gasteiger partial charge in [0.25, 0.3) is 0 Å². The summed E-state index contributed by atoms with van der Waals surface area (Å²) in [6, 6.07) is 4.99. The first-order chi connectivity index (χ1) is 8.38. The average Bonchev–Trinajstić information content (AvgIpc) is 2.73. The highest BCUT2D eigenvalue weighted by Crippen LogP contribution is 2.27. The molecule has 0 bridgehead atoms. The molecule has 1 aromatic carbocycles. The molecule has 0 amide bonds. The van der Waals surface area contributed by atoms with E-state index in [1.54, 1.807) is 0 Å². The van der Waals surface area contributed by atoms with Crippen molar-refractivity contribution in [3.8, 4) is 0 Å². The molecule has 0 atom stereocenters. The number of alkyl halides is 3. The molecule has 0 saturated carbocycles. The minimum atomic E-state index is -4.49. The quantitative estimate of drug-likeness (QED) is 0.765. The van der Waals surface area contributed by atoms with Crippen LogP contribution in [-0.2, 0) is 12.7 Å². The number of halogens is 5. The van der Waals surface area contributed by atoms with E-state index in [9.17, 15) is 17.6 Å². The van der Waals surface area contributed by atoms with Gasteiger partial charge in [0, 0.05) is 6.20 Å². The van der Waals surface area contributed by atoms with Gasteiger partial charge in [-0.2, -0.15) is 18.3 Å². The highest BCUT2D eigenvalue weighted by atomic mass is 35.5. The van der Waals surface area contributed by atoms with Crippen LogP contribution >= 0.6 is 11.6 Å². The summed E-state index contributed by atoms with van der Waals surface area (Å²) in [7, 11) is 0. The number of hydrogen-bond acceptors (Lipinski definition) is 1. The topological polar surface area (TPSA) is 17.8 Å². The lowest BCUT2D eigenvalue weighted by Gasteiger charge is -2.05. The molecule has 2 nitrogen and oxygen atoms in total. The zero-order chi connectivity index (χ0) is 13.3. The zero-order valence-corrected chi connectivity index (χ0v) is 9.63. The van der Waals surface area contributed by atoms with E-state index in [4.69, 9.17) is 11.6 Å². The Hall–Kier alpha value is -1.56. The Morgan fingerprint density at radius 3 is 2.56 bits per heavy atom. The van der Waals surface area contributed by atoms with Crippen molar-refractivity contribution in [2.75, 3.05) is 0 Å². The molecule has 1 heterocycles. The monoisotopic (exact) mass is 278 g/mol. The molecule has 0 fully saturated rings. The third-order valence-electron chi connectivity index (χ3n) is 2.30. The summed E-state index contributed by atoms with van der Waals surface area (Å²) >= 11 is 5.70. The highest BCUT2D eigenvalue weighted by molar-refractivity contribution is 6.31. The van der Waals surface area contributed by atoms with Crippen LogP contribution in [-0.4, -0.2) is 9.78 Å². The molecule has 0 radical (unpaired) electrons. The molecule has 0 unspecified atom stereocenters. The summed E-state index contributed by atoms with van der Waals surface area (Å²) in [4.78, 5) is 0. The normalized spacial score (nSPS) is 11.8. The standard InChI is InChI=1S/C11H7ClF4N2/c12-10-7(2-1-3-8(10)13)6-18-5-4-9(17-18)11(14,15)16/h1-5H,6H2. The molecule has 0 N–H and O–H groups in total. The Morgan fingerprint density at radius 1 is 1.22 bits per heavy atom. The van der Waals surface area contributed by atoms with E-state index in [1.165, 1.54) is 24.4 Å². The average molecular weight is 279 g/mol. The first-order valence-electron chi connectivity index (χ1n) is 4.91. The van der Waals surface area contributed by atoms with Crippen LogP contribution in [0.5, 0.6) is 0 Å². The number of rotatable bonds is 2. The molecule has 18 heavy (non-hydrogen) atoms. The van der Waals surface area contributed by atoms with Crippen molar-refractivity contribution in [3.05, 3.63) is 52.6 Å². The van der Waals surface area contributed by atoms with Crippen LogP contribution in [0.15, 0.2) is 30.5 Å². The van der Waals surface area contributed by atoms with Crippen LogP contribution in [0.4, 0.5) is 17.6 Å². The number of hydrogen-bond donors (Lipinski definition) is 0. The lowest BCUT2D eigenvalue weighted by molar-refractivity contribution is -0.141. The number of aromatic nitrogens is 2. The summed E-state index contributed by atoms with van der Waals surface area (Å²) < 4.78 is 51.2. The second-order valence-electron chi connectivity index (χ2n) is 3.61. The lowest BCUT2D eigenvalue weighted by Crippen LogP contribution is -2.08. The Bertz CT molecular complexity index is 562. The minimum absolute atomic E-state index is 0.0212. The van der Waals surface area contributed by atoms with Crippen molar-refractivity contribution in [3.63, 3.8) is 0 Å². The van der Waals surface area contributed by atoms with Gasteiger partial charge < -0.3 is 0 Å². The van der Waals surface area contributed by atoms with Crippen molar-refractivity contribution < 1.29 is 17.6 Å². The number of benzene rings is 1. The van der Waals surface area contributed by atoms with E-state index in [1.807, 2.05) is 0 Å². The van der Waals surface area contributed by atoms with Crippen molar-refractivity contribution in [2.45, 2.75) is 12.7 Å². The molecule has 2 aromatic rings. The van der Waals surface area contributed by atoms with Crippen LogP contribution < -0.4 is 0 Å². The maximum Gasteiger partial charge on any atom is 0.435 e. The SMILES string of the molecule is Fc1cccc(Cn2ccc(C(F)(F)F)n2)c1Cl. The zero-order valence-electron chi connectivity index (χ0n) is 8.88. The summed E-state index contributed by atoms with van der Waals surface area (Å²) in [6.07, 6.45) is -3.32. The van der Waals surface area contributed by atoms with Gasteiger partial charge in [0.2, 0.25) is 0 Å². The van der Waals surface area contributed by atoms with Gasteiger partial charge in [-0.05, 0) is 17.7 Å². The second kappa shape index (κ2) is 4.61. The first kappa shape index (κ1) is 12.9. The van der Waals surface area contributed by atoms with E-state index < -0.39 is 17.7 Å². The molecule has 0 aliphatic rings. The van der Waals surface area contributed by atoms with Gasteiger partial charge in [-0.1, -0.05) is 23.7 Å². The van der Waals surface area contributed by atoms with E-state index in [0.29, 0.717) is 5.56 Å². The Kier molecular flexibility index (Phi) is 3.30. The molecule has 7 heteroatoms. The molecule has 0 aliphatic heterocycles. The van der Waals surface area contributed by atoms with Crippen molar-refractivity contribution in [1.29, 1.82) is 0 Å². The predicted molar refractivity (Wildman–Crippen MR) is 57.7 cm³/mol. The fourth-order valence-electron chi connectivity index (χ4n) is 1.45. The molecule has 0 spiro atoms. The summed E-state index contributed by atoms with van der Waals surface area (Å²) in [5, 5.41) is 3.25. The molecule has 0 saturated heterocycles. The van der Waals surface area contributed by atoms with E-state index >= 15 is 0 Å². The van der Waals surface area contributed by atoms with E-state index in [0.717, 1.165) is 10.7 Å². The summed E-state index contributed by atoms with van der Waals surface area (Å²) in [6.45, 7) is -0.0212. The van der Waals surface area contributed by atoms with Crippen molar-refractivity contribution in [1.82, 2.24) is 9.78 Å². The Morgan fingerprint density at radius 2 is 1.94 bits per heavy atom. The van der Waals surface area contributed by atoms with Gasteiger partial charge >= 0.3 is 6.18 Å². The van der Waals surface area contributed by atoms with Crippen molar-refractivity contribution in [2.24, 2.45) is 0 Å². The van der Waals surface area contributed by atoms with Crippen molar-refractivity contribution >= 4 is 11.6 Å². The fourth-order valence-corrected chi connectivity index (χ4v) is 1.63. The van der Waals surface area contributed by atoms with Crippen LogP contribution in [0.3, 0.4) is 0 Å². The van der Waals surface area contributed by atoms with E-state index in [2.05, 4.69) is 5.10 Å². The molecular formula is C11H7ClF4N2. The third-order valence-corrected chi connectivity index (χ3v) is 2.72. The number of nitrogens with zero attached hydrogens (tertiary/aromatic N) is 2. The van der Waals surface area contributed by atoms with Gasteiger partial charge in [-0.3, -0.25) is 4.68 Å². The van der Waals surface area contributed by atoms with Crippen LogP contribution in [0.1, 0.15) is 11.3 Å². The van der Waals surface area contributed by atoms with Gasteiger partial charge in [-0.25, -0.2) is 4.39 Å². The molecule has 96 valence electrons. The molecule has 1 aromatic heterocycles. The molecule has 2 rings (SSSR count). The fraction of sp³-hybridized carbons (Fsp3) is 0.182. The van der Waals surface area contributed by atoms with E-state index in [-0.39, 0.29) is 11.6 Å². The molecular weight excluding hydrogens is 272 g/mol. The second-order valence-corrected chi connectivity index (χ2v) is 3.99. The van der Waals surface area contributed by atoms with Crippen LogP contribution in [0.25, 0.3) is 0 Å². The predicted octanol–water partition coefficient (Wildman–Crippen LogP) is 3.74. The largest absolute Gasteiger partial charge is 0.435 e. The third kappa shape index (κ3) is 2.64. The van der Waals surface area contributed by atoms with Gasteiger partial charge in [0.1, 0.15) is 5.82 Å².